The Morgan fingerprint density at radius 3 is 1.55 bits per heavy atom. The van der Waals surface area contributed by atoms with Crippen LogP contribution in [0.4, 0.5) is 0 Å². The molecule has 42 heavy (non-hydrogen) atoms. The van der Waals surface area contributed by atoms with Gasteiger partial charge >= 0.3 is 35.5 Å². The second kappa shape index (κ2) is 23.5. The van der Waals surface area contributed by atoms with Crippen molar-refractivity contribution in [3.05, 3.63) is 76.9 Å². The summed E-state index contributed by atoms with van der Waals surface area (Å²) in [5, 5.41) is 19.0. The van der Waals surface area contributed by atoms with E-state index >= 15 is 0 Å². The number of hydrogen-bond donors (Lipinski definition) is 1. The monoisotopic (exact) mass is 587 g/mol. The predicted octanol–water partition coefficient (Wildman–Crippen LogP) is 4.41. The van der Waals surface area contributed by atoms with Crippen LogP contribution in [0.3, 0.4) is 0 Å². The molecule has 0 bridgehead atoms. The minimum Gasteiger partial charge on any atom is -0.550 e. The van der Waals surface area contributed by atoms with Crippen LogP contribution in [-0.2, 0) is 22.4 Å². The molecule has 0 saturated heterocycles. The molecule has 0 heterocycles. The van der Waals surface area contributed by atoms with E-state index in [0.717, 1.165) is 77.2 Å². The Labute approximate surface area is 278 Å². The van der Waals surface area contributed by atoms with Crippen molar-refractivity contribution in [2.45, 2.75) is 98.3 Å². The van der Waals surface area contributed by atoms with Crippen molar-refractivity contribution in [2.24, 2.45) is 11.8 Å². The Kier molecular flexibility index (Phi) is 22.5. The second-order valence-corrected chi connectivity index (χ2v) is 11.2. The van der Waals surface area contributed by atoms with E-state index in [9.17, 15) is 14.7 Å². The minimum absolute atomic E-state index is 0. The average molecular weight is 588 g/mol. The molecule has 6 heteroatoms. The fourth-order valence-electron chi connectivity index (χ4n) is 5.27. The summed E-state index contributed by atoms with van der Waals surface area (Å²) in [6.07, 6.45) is 12.7. The van der Waals surface area contributed by atoms with Gasteiger partial charge in [-0.3, -0.25) is 4.79 Å². The van der Waals surface area contributed by atoms with Crippen molar-refractivity contribution in [2.75, 3.05) is 20.6 Å². The van der Waals surface area contributed by atoms with Crippen molar-refractivity contribution >= 4 is 17.5 Å². The van der Waals surface area contributed by atoms with Gasteiger partial charge in [0.15, 0.2) is 0 Å². The van der Waals surface area contributed by atoms with E-state index < -0.39 is 11.9 Å². The summed E-state index contributed by atoms with van der Waals surface area (Å²) in [5.74, 6) is -1.84. The van der Waals surface area contributed by atoms with Crippen LogP contribution < -0.4 is 34.7 Å². The Hall–Kier alpha value is -1.92. The summed E-state index contributed by atoms with van der Waals surface area (Å²) < 4.78 is 0. The maximum atomic E-state index is 10.5. The second-order valence-electron chi connectivity index (χ2n) is 11.2. The molecule has 0 atom stereocenters. The number of nitrogens with zero attached hydrogens (tertiary/aromatic N) is 1. The van der Waals surface area contributed by atoms with Crippen molar-refractivity contribution in [3.8, 4) is 0 Å². The summed E-state index contributed by atoms with van der Waals surface area (Å²) >= 11 is 0. The molecule has 2 aromatic rings. The fourth-order valence-corrected chi connectivity index (χ4v) is 5.27. The molecular weight excluding hydrogens is 533 g/mol. The third-order valence-electron chi connectivity index (χ3n) is 7.43. The number of benzene rings is 2. The van der Waals surface area contributed by atoms with Gasteiger partial charge in [-0.15, -0.1) is 0 Å². The van der Waals surface area contributed by atoms with E-state index in [1.165, 1.54) is 27.8 Å². The number of aliphatic carboxylic acids is 2. The number of hydrogen-bond acceptors (Lipinski definition) is 4. The number of carbonyl (C=O) groups excluding carboxylic acids is 1. The summed E-state index contributed by atoms with van der Waals surface area (Å²) in [6.45, 7) is 9.11. The van der Waals surface area contributed by atoms with Crippen LogP contribution in [0.2, 0.25) is 0 Å². The average Bonchev–Trinajstić information content (AvgIpc) is 3.10. The maximum Gasteiger partial charge on any atom is 1.00 e. The molecule has 0 aromatic heterocycles. The van der Waals surface area contributed by atoms with Crippen LogP contribution in [0.15, 0.2) is 54.6 Å². The van der Waals surface area contributed by atoms with Gasteiger partial charge in [0.05, 0.1) is 5.92 Å². The van der Waals surface area contributed by atoms with Gasteiger partial charge in [-0.25, -0.2) is 0 Å². The third kappa shape index (κ3) is 15.0. The summed E-state index contributed by atoms with van der Waals surface area (Å²) in [5.41, 5.74) is 7.21. The third-order valence-corrected chi connectivity index (χ3v) is 7.43. The van der Waals surface area contributed by atoms with Crippen molar-refractivity contribution in [3.63, 3.8) is 0 Å². The molecule has 1 aliphatic rings. The molecule has 1 N–H and O–H groups in total. The van der Waals surface area contributed by atoms with Gasteiger partial charge < -0.3 is 19.9 Å². The maximum absolute atomic E-state index is 10.5. The van der Waals surface area contributed by atoms with Crippen LogP contribution in [0.5, 0.6) is 0 Å². The van der Waals surface area contributed by atoms with E-state index in [-0.39, 0.29) is 41.4 Å². The minimum atomic E-state index is -0.885. The molecule has 0 amide bonds. The van der Waals surface area contributed by atoms with Crippen LogP contribution in [-0.4, -0.2) is 42.6 Å². The molecule has 0 aliphatic heterocycles. The predicted molar refractivity (Wildman–Crippen MR) is 170 cm³/mol. The van der Waals surface area contributed by atoms with E-state index in [2.05, 4.69) is 73.6 Å². The molecule has 0 fully saturated rings. The first kappa shape index (κ1) is 40.1. The Balaban J connectivity index is 0.000000680. The zero-order valence-corrected chi connectivity index (χ0v) is 29.5. The standard InChI is InChI=1S/C20H23N.2C8H16O2.Na/c1-21(2)15-7-12-20-18-10-5-3-8-16(18)13-14-17-9-4-6-11-19(17)20;2*1-3-5-7(6-4-2)8(9)10;/h3-6,8-12H,7,13-15H2,1-2H3;2*7H,3-6H2,1-2H3,(H,9,10);/q;;;+1/p-1. The number of fused-ring (bicyclic) bond motifs is 2. The number of carbonyl (C=O) groups is 2. The SMILES string of the molecule is CCCC(CCC)C(=O)O.CCCC(CCC)C(=O)[O-].CN(C)CCC=C1c2ccccc2CCc2ccccc21.[Na+]. The number of carboxylic acids is 2. The van der Waals surface area contributed by atoms with E-state index in [1.54, 1.807) is 0 Å². The molecule has 0 radical (unpaired) electrons. The van der Waals surface area contributed by atoms with Gasteiger partial charge in [0, 0.05) is 12.5 Å². The molecule has 228 valence electrons. The molecule has 0 unspecified atom stereocenters. The van der Waals surface area contributed by atoms with Crippen LogP contribution in [0.1, 0.15) is 108 Å². The van der Waals surface area contributed by atoms with Gasteiger partial charge in [-0.2, -0.15) is 0 Å². The van der Waals surface area contributed by atoms with Crippen molar-refractivity contribution < 1.29 is 49.4 Å². The van der Waals surface area contributed by atoms with Gasteiger partial charge in [0.25, 0.3) is 0 Å². The molecule has 1 aliphatic carbocycles. The van der Waals surface area contributed by atoms with Crippen LogP contribution in [0, 0.1) is 11.8 Å². The van der Waals surface area contributed by atoms with Crippen LogP contribution >= 0.6 is 0 Å². The van der Waals surface area contributed by atoms with E-state index in [0.29, 0.717) is 0 Å². The van der Waals surface area contributed by atoms with E-state index in [1.807, 2.05) is 27.7 Å². The Morgan fingerprint density at radius 2 is 1.19 bits per heavy atom. The first-order chi connectivity index (χ1) is 19.7. The quantitative estimate of drug-likeness (QED) is 0.351. The molecule has 5 nitrogen and oxygen atoms in total. The first-order valence-corrected chi connectivity index (χ1v) is 15.6. The van der Waals surface area contributed by atoms with Crippen LogP contribution in [0.25, 0.3) is 5.57 Å². The summed E-state index contributed by atoms with van der Waals surface area (Å²) in [4.78, 5) is 23.1. The molecule has 0 saturated carbocycles. The van der Waals surface area contributed by atoms with Gasteiger partial charge in [-0.1, -0.05) is 108 Å². The zero-order valence-electron chi connectivity index (χ0n) is 27.5. The Morgan fingerprint density at radius 1 is 0.786 bits per heavy atom. The molecule has 2 aromatic carbocycles. The molecule has 0 spiro atoms. The van der Waals surface area contributed by atoms with Gasteiger partial charge in [-0.05, 0) is 92.8 Å². The first-order valence-electron chi connectivity index (χ1n) is 15.6. The topological polar surface area (TPSA) is 80.7 Å². The summed E-state index contributed by atoms with van der Waals surface area (Å²) in [7, 11) is 4.26. The largest absolute Gasteiger partial charge is 1.00 e. The smallest absolute Gasteiger partial charge is 0.550 e. The number of rotatable bonds is 13. The zero-order chi connectivity index (χ0) is 30.6. The fraction of sp³-hybridized carbons (Fsp3) is 0.556. The van der Waals surface area contributed by atoms with Crippen molar-refractivity contribution in [1.29, 1.82) is 0 Å². The van der Waals surface area contributed by atoms with E-state index in [4.69, 9.17) is 5.11 Å². The number of carboxylic acid groups (broad SMARTS) is 2. The van der Waals surface area contributed by atoms with Crippen molar-refractivity contribution in [1.82, 2.24) is 4.90 Å². The molecular formula is C36H54NNaO4. The normalized spacial score (nSPS) is 11.7. The Bertz CT molecular complexity index is 978. The summed E-state index contributed by atoms with van der Waals surface area (Å²) in [6, 6.07) is 17.7. The number of aryl methyl sites for hydroxylation is 2. The van der Waals surface area contributed by atoms with Gasteiger partial charge in [0.2, 0.25) is 0 Å². The van der Waals surface area contributed by atoms with Gasteiger partial charge in [0.1, 0.15) is 0 Å². The molecule has 3 rings (SSSR count).